The first-order chi connectivity index (χ1) is 12.0. The first kappa shape index (κ1) is 16.9. The number of thioether (sulfide) groups is 1. The quantitative estimate of drug-likeness (QED) is 0.613. The van der Waals surface area contributed by atoms with Crippen molar-refractivity contribution in [2.24, 2.45) is 11.7 Å². The summed E-state index contributed by atoms with van der Waals surface area (Å²) < 4.78 is 1.14. The van der Waals surface area contributed by atoms with E-state index in [0.29, 0.717) is 11.5 Å². The summed E-state index contributed by atoms with van der Waals surface area (Å²) in [7, 11) is 0. The van der Waals surface area contributed by atoms with Gasteiger partial charge in [-0.2, -0.15) is 0 Å². The van der Waals surface area contributed by atoms with E-state index >= 15 is 0 Å². The minimum absolute atomic E-state index is 0.347. The lowest BCUT2D eigenvalue weighted by atomic mass is 9.88. The van der Waals surface area contributed by atoms with Gasteiger partial charge in [0.05, 0.1) is 15.8 Å². The Bertz CT molecular complexity index is 960. The normalized spacial score (nSPS) is 16.8. The highest BCUT2D eigenvalue weighted by Gasteiger charge is 2.26. The van der Waals surface area contributed by atoms with Crippen LogP contribution >= 0.6 is 34.4 Å². The number of thiazole rings is 1. The Labute approximate surface area is 158 Å². The Kier molecular flexibility index (Phi) is 4.47. The van der Waals surface area contributed by atoms with Crippen molar-refractivity contribution >= 4 is 60.7 Å². The van der Waals surface area contributed by atoms with Gasteiger partial charge in [0.25, 0.3) is 5.91 Å². The van der Waals surface area contributed by atoms with E-state index in [9.17, 15) is 4.79 Å². The number of aromatic nitrogens is 1. The molecule has 0 saturated carbocycles. The summed E-state index contributed by atoms with van der Waals surface area (Å²) in [5.74, 6) is 0.312. The van der Waals surface area contributed by atoms with E-state index in [2.05, 4.69) is 35.6 Å². The molecule has 0 bridgehead atoms. The summed E-state index contributed by atoms with van der Waals surface area (Å²) in [6, 6.07) is 6.27. The number of rotatable bonds is 4. The third kappa shape index (κ3) is 3.16. The van der Waals surface area contributed by atoms with Crippen LogP contribution in [-0.4, -0.2) is 17.1 Å². The molecule has 0 spiro atoms. The highest BCUT2D eigenvalue weighted by atomic mass is 32.2. The maximum atomic E-state index is 12.1. The number of primary amides is 1. The first-order valence-electron chi connectivity index (χ1n) is 8.21. The molecular formula is C18H19N3OS3. The molecule has 1 aliphatic carbocycles. The van der Waals surface area contributed by atoms with Crippen LogP contribution < -0.4 is 11.1 Å². The van der Waals surface area contributed by atoms with Gasteiger partial charge >= 0.3 is 0 Å². The zero-order valence-electron chi connectivity index (χ0n) is 14.1. The molecule has 7 heteroatoms. The summed E-state index contributed by atoms with van der Waals surface area (Å²) in [4.78, 5) is 19.2. The molecule has 0 radical (unpaired) electrons. The molecular weight excluding hydrogens is 370 g/mol. The van der Waals surface area contributed by atoms with E-state index < -0.39 is 0 Å². The molecule has 1 aliphatic rings. The number of thiophene rings is 1. The number of fused-ring (bicyclic) bond motifs is 2. The maximum Gasteiger partial charge on any atom is 0.251 e. The molecule has 3 aromatic rings. The van der Waals surface area contributed by atoms with Crippen molar-refractivity contribution in [2.45, 2.75) is 31.1 Å². The van der Waals surface area contributed by atoms with Crippen LogP contribution in [0.4, 0.5) is 10.1 Å². The molecule has 1 atom stereocenters. The number of carbonyl (C=O) groups excluding carboxylic acids is 1. The van der Waals surface area contributed by atoms with Gasteiger partial charge in [-0.05, 0) is 55.2 Å². The van der Waals surface area contributed by atoms with Crippen LogP contribution in [0.1, 0.15) is 34.1 Å². The monoisotopic (exact) mass is 389 g/mol. The summed E-state index contributed by atoms with van der Waals surface area (Å²) in [5, 5.41) is 5.02. The number of hydrogen-bond donors (Lipinski definition) is 2. The predicted octanol–water partition coefficient (Wildman–Crippen LogP) is 5.05. The van der Waals surface area contributed by atoms with E-state index in [1.54, 1.807) is 34.4 Å². The standard InChI is InChI=1S/C18H19N3OS3/c1-9-3-5-11-13(7-9)24-17(15(11)16(19)22)21-18-20-12-6-4-10(23-2)8-14(12)25-18/h4,6,8-9H,3,5,7H2,1-2H3,(H2,19,22)(H,20,21)/t9-/m0/s1. The Morgan fingerprint density at radius 2 is 2.24 bits per heavy atom. The average molecular weight is 390 g/mol. The third-order valence-corrected chi connectivity index (χ3v) is 7.40. The molecule has 0 fully saturated rings. The second kappa shape index (κ2) is 6.63. The lowest BCUT2D eigenvalue weighted by Crippen LogP contribution is -2.17. The minimum atomic E-state index is -0.347. The van der Waals surface area contributed by atoms with Crippen LogP contribution in [-0.2, 0) is 12.8 Å². The molecule has 0 saturated heterocycles. The van der Waals surface area contributed by atoms with Crippen molar-refractivity contribution in [2.75, 3.05) is 11.6 Å². The molecule has 2 heterocycles. The number of hydrogen-bond acceptors (Lipinski definition) is 6. The number of carbonyl (C=O) groups is 1. The van der Waals surface area contributed by atoms with Crippen LogP contribution in [0.5, 0.6) is 0 Å². The van der Waals surface area contributed by atoms with Gasteiger partial charge in [0.15, 0.2) is 5.13 Å². The Morgan fingerprint density at radius 1 is 1.40 bits per heavy atom. The molecule has 3 N–H and O–H groups in total. The first-order valence-corrected chi connectivity index (χ1v) is 11.1. The van der Waals surface area contributed by atoms with Gasteiger partial charge < -0.3 is 11.1 Å². The van der Waals surface area contributed by atoms with Crippen molar-refractivity contribution in [3.63, 3.8) is 0 Å². The molecule has 4 nitrogen and oxygen atoms in total. The van der Waals surface area contributed by atoms with E-state index in [4.69, 9.17) is 5.73 Å². The van der Waals surface area contributed by atoms with Gasteiger partial charge in [0, 0.05) is 9.77 Å². The number of benzene rings is 1. The molecule has 25 heavy (non-hydrogen) atoms. The zero-order chi connectivity index (χ0) is 17.6. The number of anilines is 2. The molecule has 4 rings (SSSR count). The van der Waals surface area contributed by atoms with E-state index in [1.165, 1.54) is 9.77 Å². The van der Waals surface area contributed by atoms with Crippen molar-refractivity contribution < 1.29 is 4.79 Å². The Balaban J connectivity index is 1.72. The molecule has 0 unspecified atom stereocenters. The predicted molar refractivity (Wildman–Crippen MR) is 109 cm³/mol. The SMILES string of the molecule is CSc1ccc2nc(Nc3sc4c(c3C(N)=O)CC[C@H](C)C4)sc2c1. The average Bonchev–Trinajstić information content (AvgIpc) is 3.13. The number of nitrogens with two attached hydrogens (primary N) is 1. The van der Waals surface area contributed by atoms with Crippen LogP contribution in [0, 0.1) is 5.92 Å². The molecule has 0 aliphatic heterocycles. The van der Waals surface area contributed by atoms with E-state index in [0.717, 1.165) is 45.2 Å². The molecule has 130 valence electrons. The largest absolute Gasteiger partial charge is 0.365 e. The minimum Gasteiger partial charge on any atom is -0.365 e. The zero-order valence-corrected chi connectivity index (χ0v) is 16.5. The van der Waals surface area contributed by atoms with Gasteiger partial charge in [-0.15, -0.1) is 23.1 Å². The summed E-state index contributed by atoms with van der Waals surface area (Å²) >= 11 is 4.99. The summed E-state index contributed by atoms with van der Waals surface area (Å²) in [6.45, 7) is 2.26. The lowest BCUT2D eigenvalue weighted by Gasteiger charge is -2.18. The van der Waals surface area contributed by atoms with Gasteiger partial charge in [-0.3, -0.25) is 4.79 Å². The van der Waals surface area contributed by atoms with Gasteiger partial charge in [-0.25, -0.2) is 4.98 Å². The lowest BCUT2D eigenvalue weighted by molar-refractivity contribution is 0.1000. The fraction of sp³-hybridized carbons (Fsp3) is 0.333. The molecule has 2 aromatic heterocycles. The number of nitrogens with zero attached hydrogens (tertiary/aromatic N) is 1. The number of nitrogens with one attached hydrogen (secondary N) is 1. The highest BCUT2D eigenvalue weighted by Crippen LogP contribution is 2.41. The Hall–Kier alpha value is -1.57. The smallest absolute Gasteiger partial charge is 0.251 e. The van der Waals surface area contributed by atoms with Gasteiger partial charge in [0.1, 0.15) is 5.00 Å². The Morgan fingerprint density at radius 3 is 3.00 bits per heavy atom. The fourth-order valence-electron chi connectivity index (χ4n) is 3.28. The third-order valence-electron chi connectivity index (χ3n) is 4.57. The number of amides is 1. The molecule has 1 amide bonds. The van der Waals surface area contributed by atoms with Gasteiger partial charge in [0.2, 0.25) is 0 Å². The van der Waals surface area contributed by atoms with Crippen LogP contribution in [0.25, 0.3) is 10.2 Å². The maximum absolute atomic E-state index is 12.1. The van der Waals surface area contributed by atoms with Gasteiger partial charge in [-0.1, -0.05) is 18.3 Å². The van der Waals surface area contributed by atoms with E-state index in [1.807, 2.05) is 6.07 Å². The van der Waals surface area contributed by atoms with Crippen LogP contribution in [0.3, 0.4) is 0 Å². The second-order valence-electron chi connectivity index (χ2n) is 6.40. The van der Waals surface area contributed by atoms with Crippen LogP contribution in [0.2, 0.25) is 0 Å². The van der Waals surface area contributed by atoms with Crippen LogP contribution in [0.15, 0.2) is 23.1 Å². The van der Waals surface area contributed by atoms with Crippen molar-refractivity contribution in [3.05, 3.63) is 34.2 Å². The summed E-state index contributed by atoms with van der Waals surface area (Å²) in [6.07, 6.45) is 5.14. The topological polar surface area (TPSA) is 68.0 Å². The highest BCUT2D eigenvalue weighted by molar-refractivity contribution is 7.98. The molecule has 1 aromatic carbocycles. The van der Waals surface area contributed by atoms with Crippen molar-refractivity contribution in [3.8, 4) is 0 Å². The van der Waals surface area contributed by atoms with Crippen molar-refractivity contribution in [1.29, 1.82) is 0 Å². The van der Waals surface area contributed by atoms with Crippen molar-refractivity contribution in [1.82, 2.24) is 4.98 Å². The summed E-state index contributed by atoms with van der Waals surface area (Å²) in [5.41, 5.74) is 8.47. The fourth-order valence-corrected chi connectivity index (χ4v) is 6.19. The second-order valence-corrected chi connectivity index (χ2v) is 9.41. The van der Waals surface area contributed by atoms with E-state index in [-0.39, 0.29) is 5.91 Å².